The molecule has 0 radical (unpaired) electrons. The number of rotatable bonds is 2. The third-order valence-corrected chi connectivity index (χ3v) is 2.86. The number of H-pyrrole nitrogens is 1. The molecule has 0 unspecified atom stereocenters. The van der Waals surface area contributed by atoms with Gasteiger partial charge in [0.1, 0.15) is 5.82 Å². The molecule has 1 amide bonds. The molecule has 0 bridgehead atoms. The molecule has 2 aromatic heterocycles. The first-order chi connectivity index (χ1) is 9.28. The highest BCUT2D eigenvalue weighted by atomic mass is 16.5. The summed E-state index contributed by atoms with van der Waals surface area (Å²) < 4.78 is 4.51. The first kappa shape index (κ1) is 11.5. The van der Waals surface area contributed by atoms with E-state index in [-0.39, 0.29) is 6.54 Å². The van der Waals surface area contributed by atoms with Gasteiger partial charge in [-0.15, -0.1) is 0 Å². The normalized spacial score (nSPS) is 10.8. The Balaban J connectivity index is 2.00. The number of imidazole rings is 1. The second-order valence-corrected chi connectivity index (χ2v) is 4.07. The lowest BCUT2D eigenvalue weighted by Gasteiger charge is -1.99. The van der Waals surface area contributed by atoms with Crippen molar-refractivity contribution < 1.29 is 9.53 Å². The van der Waals surface area contributed by atoms with Gasteiger partial charge in [0, 0.05) is 5.39 Å². The predicted molar refractivity (Wildman–Crippen MR) is 70.6 cm³/mol. The molecular weight excluding hydrogens is 244 g/mol. The number of aromatic amines is 1. The van der Waals surface area contributed by atoms with Crippen LogP contribution in [0.3, 0.4) is 0 Å². The molecule has 0 aliphatic rings. The van der Waals surface area contributed by atoms with Crippen LogP contribution in [0.1, 0.15) is 5.82 Å². The average molecular weight is 256 g/mol. The predicted octanol–water partition coefficient (Wildman–Crippen LogP) is 1.97. The zero-order valence-electron chi connectivity index (χ0n) is 10.3. The number of amides is 1. The summed E-state index contributed by atoms with van der Waals surface area (Å²) in [6, 6.07) is 7.80. The Labute approximate surface area is 108 Å². The van der Waals surface area contributed by atoms with E-state index in [1.807, 2.05) is 24.3 Å². The van der Waals surface area contributed by atoms with Crippen molar-refractivity contribution in [1.29, 1.82) is 0 Å². The zero-order valence-corrected chi connectivity index (χ0v) is 10.3. The van der Waals surface area contributed by atoms with E-state index in [0.717, 1.165) is 21.9 Å². The maximum absolute atomic E-state index is 11.0. The molecule has 2 N–H and O–H groups in total. The number of carbonyl (C=O) groups excluding carboxylic acids is 1. The summed E-state index contributed by atoms with van der Waals surface area (Å²) >= 11 is 0. The smallest absolute Gasteiger partial charge is 0.407 e. The summed E-state index contributed by atoms with van der Waals surface area (Å²) in [7, 11) is 1.32. The minimum atomic E-state index is -0.483. The monoisotopic (exact) mass is 256 g/mol. The van der Waals surface area contributed by atoms with Gasteiger partial charge in [0.2, 0.25) is 0 Å². The van der Waals surface area contributed by atoms with Crippen LogP contribution < -0.4 is 5.32 Å². The Morgan fingerprint density at radius 3 is 3.11 bits per heavy atom. The van der Waals surface area contributed by atoms with Crippen LogP contribution >= 0.6 is 0 Å². The second kappa shape index (κ2) is 4.56. The van der Waals surface area contributed by atoms with Gasteiger partial charge in [-0.1, -0.05) is 18.2 Å². The molecule has 0 aliphatic carbocycles. The average Bonchev–Trinajstić information content (AvgIpc) is 2.88. The van der Waals surface area contributed by atoms with E-state index in [1.165, 1.54) is 7.11 Å². The molecule has 0 spiro atoms. The Morgan fingerprint density at radius 2 is 2.26 bits per heavy atom. The lowest BCUT2D eigenvalue weighted by molar-refractivity contribution is 0.170. The molecule has 1 aromatic carbocycles. The summed E-state index contributed by atoms with van der Waals surface area (Å²) in [5, 5.41) is 3.57. The molecule has 6 nitrogen and oxygen atoms in total. The molecule has 0 aliphatic heterocycles. The van der Waals surface area contributed by atoms with Crippen LogP contribution in [0.4, 0.5) is 4.79 Å². The van der Waals surface area contributed by atoms with Gasteiger partial charge in [-0.2, -0.15) is 0 Å². The van der Waals surface area contributed by atoms with Crippen LogP contribution in [0.5, 0.6) is 0 Å². The molecule has 0 fully saturated rings. The maximum Gasteiger partial charge on any atom is 0.407 e. The van der Waals surface area contributed by atoms with Crippen molar-refractivity contribution in [1.82, 2.24) is 20.3 Å². The minimum Gasteiger partial charge on any atom is -0.453 e. The topological polar surface area (TPSA) is 79.9 Å². The van der Waals surface area contributed by atoms with Crippen molar-refractivity contribution in [2.75, 3.05) is 7.11 Å². The first-order valence-corrected chi connectivity index (χ1v) is 5.82. The van der Waals surface area contributed by atoms with Crippen LogP contribution in [0, 0.1) is 0 Å². The van der Waals surface area contributed by atoms with Crippen molar-refractivity contribution >= 4 is 28.0 Å². The number of hydrogen-bond acceptors (Lipinski definition) is 4. The number of para-hydroxylation sites is 1. The Bertz CT molecular complexity index is 751. The fraction of sp³-hybridized carbons (Fsp3) is 0.154. The highest BCUT2D eigenvalue weighted by Crippen LogP contribution is 2.21. The van der Waals surface area contributed by atoms with Crippen molar-refractivity contribution in [2.45, 2.75) is 6.54 Å². The van der Waals surface area contributed by atoms with Crippen molar-refractivity contribution in [3.05, 3.63) is 36.3 Å². The molecule has 0 atom stereocenters. The van der Waals surface area contributed by atoms with Gasteiger partial charge in [0.25, 0.3) is 0 Å². The van der Waals surface area contributed by atoms with Crippen LogP contribution in [0.15, 0.2) is 30.5 Å². The fourth-order valence-corrected chi connectivity index (χ4v) is 1.97. The third kappa shape index (κ3) is 2.08. The van der Waals surface area contributed by atoms with Crippen LogP contribution in [0.2, 0.25) is 0 Å². The summed E-state index contributed by atoms with van der Waals surface area (Å²) in [6.07, 6.45) is 1.26. The number of methoxy groups -OCH3 is 1. The van der Waals surface area contributed by atoms with Gasteiger partial charge in [0.15, 0.2) is 0 Å². The minimum absolute atomic E-state index is 0.287. The molecule has 0 saturated heterocycles. The van der Waals surface area contributed by atoms with Gasteiger partial charge in [0.05, 0.1) is 36.4 Å². The van der Waals surface area contributed by atoms with E-state index in [2.05, 4.69) is 25.0 Å². The Hall–Kier alpha value is -2.63. The number of benzene rings is 1. The molecule has 96 valence electrons. The number of carbonyl (C=O) groups is 1. The van der Waals surface area contributed by atoms with E-state index in [4.69, 9.17) is 0 Å². The van der Waals surface area contributed by atoms with Crippen molar-refractivity contribution in [3.8, 4) is 0 Å². The highest BCUT2D eigenvalue weighted by Gasteiger charge is 2.08. The fourth-order valence-electron chi connectivity index (χ4n) is 1.97. The van der Waals surface area contributed by atoms with Gasteiger partial charge in [-0.25, -0.2) is 9.78 Å². The Kier molecular flexibility index (Phi) is 2.75. The quantitative estimate of drug-likeness (QED) is 0.734. The summed E-state index contributed by atoms with van der Waals surface area (Å²) in [5.74, 6) is 0.665. The number of nitrogens with one attached hydrogen (secondary N) is 2. The van der Waals surface area contributed by atoms with Crippen molar-refractivity contribution in [3.63, 3.8) is 0 Å². The molecule has 3 aromatic rings. The van der Waals surface area contributed by atoms with E-state index in [0.29, 0.717) is 5.82 Å². The number of nitrogens with zero attached hydrogens (tertiary/aromatic N) is 2. The van der Waals surface area contributed by atoms with Crippen LogP contribution in [0.25, 0.3) is 21.9 Å². The summed E-state index contributed by atoms with van der Waals surface area (Å²) in [4.78, 5) is 23.0. The van der Waals surface area contributed by atoms with E-state index < -0.39 is 6.09 Å². The molecule has 3 rings (SSSR count). The molecule has 6 heteroatoms. The number of fused-ring (bicyclic) bond motifs is 3. The standard InChI is InChI=1S/C13H12N4O2/c1-19-13(18)15-7-11-16-10-6-14-9-5-3-2-4-8(9)12(10)17-11/h2-6H,7H2,1H3,(H,15,18)(H,16,17). The lowest BCUT2D eigenvalue weighted by atomic mass is 10.2. The molecule has 19 heavy (non-hydrogen) atoms. The molecule has 0 saturated carbocycles. The maximum atomic E-state index is 11.0. The van der Waals surface area contributed by atoms with E-state index in [9.17, 15) is 4.79 Å². The largest absolute Gasteiger partial charge is 0.453 e. The number of alkyl carbamates (subject to hydrolysis) is 1. The van der Waals surface area contributed by atoms with Gasteiger partial charge in [-0.3, -0.25) is 4.98 Å². The first-order valence-electron chi connectivity index (χ1n) is 5.82. The Morgan fingerprint density at radius 1 is 1.42 bits per heavy atom. The zero-order chi connectivity index (χ0) is 13.2. The number of pyridine rings is 1. The van der Waals surface area contributed by atoms with Crippen molar-refractivity contribution in [2.24, 2.45) is 0 Å². The summed E-state index contributed by atoms with van der Waals surface area (Å²) in [5.41, 5.74) is 2.60. The van der Waals surface area contributed by atoms with Gasteiger partial charge in [-0.05, 0) is 6.07 Å². The summed E-state index contributed by atoms with van der Waals surface area (Å²) in [6.45, 7) is 0.287. The van der Waals surface area contributed by atoms with Crippen LogP contribution in [-0.4, -0.2) is 28.2 Å². The SMILES string of the molecule is COC(=O)NCc1nc2c(cnc3ccccc32)[nH]1. The third-order valence-electron chi connectivity index (χ3n) is 2.86. The van der Waals surface area contributed by atoms with E-state index in [1.54, 1.807) is 6.20 Å². The second-order valence-electron chi connectivity index (χ2n) is 4.07. The van der Waals surface area contributed by atoms with Gasteiger partial charge >= 0.3 is 6.09 Å². The number of ether oxygens (including phenoxy) is 1. The van der Waals surface area contributed by atoms with E-state index >= 15 is 0 Å². The van der Waals surface area contributed by atoms with Crippen LogP contribution in [-0.2, 0) is 11.3 Å². The number of hydrogen-bond donors (Lipinski definition) is 2. The lowest BCUT2D eigenvalue weighted by Crippen LogP contribution is -2.22. The number of aromatic nitrogens is 3. The highest BCUT2D eigenvalue weighted by molar-refractivity contribution is 6.01. The molecular formula is C13H12N4O2. The molecule has 2 heterocycles. The van der Waals surface area contributed by atoms with Gasteiger partial charge < -0.3 is 15.0 Å².